The quantitative estimate of drug-likeness (QED) is 0.554. The average Bonchev–Trinajstić information content (AvgIpc) is 2.41. The third-order valence-electron chi connectivity index (χ3n) is 2.41. The molecule has 0 radical (unpaired) electrons. The molecule has 1 aromatic rings. The molecule has 20 heavy (non-hydrogen) atoms. The summed E-state index contributed by atoms with van der Waals surface area (Å²) in [6, 6.07) is 1.43. The van der Waals surface area contributed by atoms with Crippen molar-refractivity contribution in [1.82, 2.24) is 14.6 Å². The van der Waals surface area contributed by atoms with Crippen molar-refractivity contribution in [2.24, 2.45) is 0 Å². The second-order valence-corrected chi connectivity index (χ2v) is 6.19. The molecule has 6 nitrogen and oxygen atoms in total. The SMILES string of the molecule is CN(C)CCCNS(=O)(=O)c1cncc(C#CCO)c1. The van der Waals surface area contributed by atoms with E-state index < -0.39 is 10.0 Å². The second kappa shape index (κ2) is 7.97. The van der Waals surface area contributed by atoms with Gasteiger partial charge in [0.15, 0.2) is 0 Å². The van der Waals surface area contributed by atoms with Gasteiger partial charge in [0, 0.05) is 24.5 Å². The molecule has 0 saturated heterocycles. The summed E-state index contributed by atoms with van der Waals surface area (Å²) in [4.78, 5) is 5.91. The molecule has 0 amide bonds. The number of aliphatic hydroxyl groups excluding tert-OH is 1. The first kappa shape index (κ1) is 16.6. The number of aromatic nitrogens is 1. The number of sulfonamides is 1. The number of nitrogens with one attached hydrogen (secondary N) is 1. The zero-order chi connectivity index (χ0) is 15.0. The van der Waals surface area contributed by atoms with Crippen LogP contribution in [0.1, 0.15) is 12.0 Å². The van der Waals surface area contributed by atoms with Crippen LogP contribution in [0, 0.1) is 11.8 Å². The number of nitrogens with zero attached hydrogens (tertiary/aromatic N) is 2. The van der Waals surface area contributed by atoms with Crippen molar-refractivity contribution in [3.05, 3.63) is 24.0 Å². The van der Waals surface area contributed by atoms with Crippen LogP contribution in [0.25, 0.3) is 0 Å². The van der Waals surface area contributed by atoms with Gasteiger partial charge < -0.3 is 10.0 Å². The van der Waals surface area contributed by atoms with Gasteiger partial charge >= 0.3 is 0 Å². The fourth-order valence-corrected chi connectivity index (χ4v) is 2.52. The summed E-state index contributed by atoms with van der Waals surface area (Å²) in [7, 11) is 0.297. The number of aliphatic hydroxyl groups is 1. The Morgan fingerprint density at radius 1 is 1.40 bits per heavy atom. The highest BCUT2D eigenvalue weighted by Gasteiger charge is 2.13. The molecular formula is C13H19N3O3S. The highest BCUT2D eigenvalue weighted by molar-refractivity contribution is 7.89. The smallest absolute Gasteiger partial charge is 0.242 e. The number of pyridine rings is 1. The predicted molar refractivity (Wildman–Crippen MR) is 76.6 cm³/mol. The number of rotatable bonds is 6. The average molecular weight is 297 g/mol. The lowest BCUT2D eigenvalue weighted by molar-refractivity contribution is 0.350. The molecule has 0 aliphatic rings. The maximum absolute atomic E-state index is 12.0. The predicted octanol–water partition coefficient (Wildman–Crippen LogP) is -0.345. The molecule has 0 unspecified atom stereocenters. The van der Waals surface area contributed by atoms with Crippen LogP contribution in [0.15, 0.2) is 23.4 Å². The van der Waals surface area contributed by atoms with E-state index in [0.717, 1.165) is 13.0 Å². The van der Waals surface area contributed by atoms with Gasteiger partial charge in [0.05, 0.1) is 0 Å². The molecule has 0 atom stereocenters. The van der Waals surface area contributed by atoms with Crippen LogP contribution in [-0.2, 0) is 10.0 Å². The lowest BCUT2D eigenvalue weighted by atomic mass is 10.3. The molecule has 0 spiro atoms. The van der Waals surface area contributed by atoms with Crippen molar-refractivity contribution < 1.29 is 13.5 Å². The second-order valence-electron chi connectivity index (χ2n) is 4.42. The standard InChI is InChI=1S/C13H19N3O3S/c1-16(2)7-4-6-15-20(18,19)13-9-12(5-3-8-17)10-14-11-13/h9-11,15,17H,4,6-8H2,1-2H3. The maximum atomic E-state index is 12.0. The molecule has 0 fully saturated rings. The van der Waals surface area contributed by atoms with Gasteiger partial charge in [-0.15, -0.1) is 0 Å². The maximum Gasteiger partial charge on any atom is 0.242 e. The normalized spacial score (nSPS) is 11.2. The van der Waals surface area contributed by atoms with Gasteiger partial charge in [0.1, 0.15) is 11.5 Å². The Bertz CT molecular complexity index is 588. The van der Waals surface area contributed by atoms with Crippen LogP contribution in [0.4, 0.5) is 0 Å². The first-order valence-electron chi connectivity index (χ1n) is 6.15. The van der Waals surface area contributed by atoms with Crippen LogP contribution in [0.2, 0.25) is 0 Å². The summed E-state index contributed by atoms with van der Waals surface area (Å²) in [5.41, 5.74) is 0.454. The Labute approximate surface area is 119 Å². The Hall–Kier alpha value is -1.46. The van der Waals surface area contributed by atoms with Crippen LogP contribution >= 0.6 is 0 Å². The van der Waals surface area contributed by atoms with Gasteiger partial charge in [-0.1, -0.05) is 11.8 Å². The van der Waals surface area contributed by atoms with E-state index >= 15 is 0 Å². The summed E-state index contributed by atoms with van der Waals surface area (Å²) in [6.45, 7) is 0.898. The van der Waals surface area contributed by atoms with Crippen molar-refractivity contribution in [2.75, 3.05) is 33.8 Å². The van der Waals surface area contributed by atoms with E-state index in [1.54, 1.807) is 0 Å². The minimum Gasteiger partial charge on any atom is -0.384 e. The molecule has 0 aromatic carbocycles. The zero-order valence-corrected chi connectivity index (χ0v) is 12.4. The Balaban J connectivity index is 2.72. The lowest BCUT2D eigenvalue weighted by Gasteiger charge is -2.10. The van der Waals surface area contributed by atoms with E-state index in [0.29, 0.717) is 12.1 Å². The van der Waals surface area contributed by atoms with Crippen LogP contribution in [0.5, 0.6) is 0 Å². The fraction of sp³-hybridized carbons (Fsp3) is 0.462. The van der Waals surface area contributed by atoms with Gasteiger partial charge in [-0.05, 0) is 33.1 Å². The van der Waals surface area contributed by atoms with Gasteiger partial charge in [0.25, 0.3) is 0 Å². The molecule has 0 aliphatic carbocycles. The molecule has 1 rings (SSSR count). The van der Waals surface area contributed by atoms with Crippen molar-refractivity contribution in [3.63, 3.8) is 0 Å². The van der Waals surface area contributed by atoms with E-state index in [-0.39, 0.29) is 11.5 Å². The topological polar surface area (TPSA) is 82.5 Å². The summed E-state index contributed by atoms with van der Waals surface area (Å²) < 4.78 is 26.6. The number of hydrogen-bond acceptors (Lipinski definition) is 5. The molecule has 0 saturated carbocycles. The molecule has 2 N–H and O–H groups in total. The Morgan fingerprint density at radius 2 is 2.15 bits per heavy atom. The summed E-state index contributed by atoms with van der Waals surface area (Å²) in [5.74, 6) is 5.08. The van der Waals surface area contributed by atoms with Gasteiger partial charge in [-0.2, -0.15) is 0 Å². The van der Waals surface area contributed by atoms with Crippen molar-refractivity contribution in [2.45, 2.75) is 11.3 Å². The molecule has 0 bridgehead atoms. The van der Waals surface area contributed by atoms with Gasteiger partial charge in [0.2, 0.25) is 10.0 Å². The van der Waals surface area contributed by atoms with E-state index in [1.807, 2.05) is 19.0 Å². The minimum atomic E-state index is -3.57. The monoisotopic (exact) mass is 297 g/mol. The lowest BCUT2D eigenvalue weighted by Crippen LogP contribution is -2.27. The first-order valence-corrected chi connectivity index (χ1v) is 7.63. The van der Waals surface area contributed by atoms with E-state index in [4.69, 9.17) is 5.11 Å². The highest BCUT2D eigenvalue weighted by Crippen LogP contribution is 2.08. The minimum absolute atomic E-state index is 0.0760. The Kier molecular flexibility index (Phi) is 6.61. The largest absolute Gasteiger partial charge is 0.384 e. The van der Waals surface area contributed by atoms with Gasteiger partial charge in [-0.3, -0.25) is 4.98 Å². The molecule has 0 aliphatic heterocycles. The van der Waals surface area contributed by atoms with Crippen molar-refractivity contribution in [1.29, 1.82) is 0 Å². The van der Waals surface area contributed by atoms with E-state index in [1.165, 1.54) is 18.5 Å². The fourth-order valence-electron chi connectivity index (χ4n) is 1.46. The summed E-state index contributed by atoms with van der Waals surface area (Å²) in [6.07, 6.45) is 3.45. The summed E-state index contributed by atoms with van der Waals surface area (Å²) >= 11 is 0. The zero-order valence-electron chi connectivity index (χ0n) is 11.6. The Morgan fingerprint density at radius 3 is 2.80 bits per heavy atom. The molecular weight excluding hydrogens is 278 g/mol. The van der Waals surface area contributed by atoms with Crippen molar-refractivity contribution in [3.8, 4) is 11.8 Å². The van der Waals surface area contributed by atoms with Crippen molar-refractivity contribution >= 4 is 10.0 Å². The van der Waals surface area contributed by atoms with Crippen LogP contribution < -0.4 is 4.72 Å². The first-order chi connectivity index (χ1) is 9.45. The van der Waals surface area contributed by atoms with Crippen LogP contribution in [-0.4, -0.2) is 57.2 Å². The van der Waals surface area contributed by atoms with Crippen LogP contribution in [0.3, 0.4) is 0 Å². The van der Waals surface area contributed by atoms with Gasteiger partial charge in [-0.25, -0.2) is 13.1 Å². The molecule has 110 valence electrons. The molecule has 7 heteroatoms. The number of hydrogen-bond donors (Lipinski definition) is 2. The molecule has 1 aromatic heterocycles. The molecule has 1 heterocycles. The third-order valence-corrected chi connectivity index (χ3v) is 3.84. The van der Waals surface area contributed by atoms with E-state index in [9.17, 15) is 8.42 Å². The highest BCUT2D eigenvalue weighted by atomic mass is 32.2. The summed E-state index contributed by atoms with van der Waals surface area (Å²) in [5, 5.41) is 8.62. The van der Waals surface area contributed by atoms with E-state index in [2.05, 4.69) is 21.5 Å². The third kappa shape index (κ3) is 5.67.